The molecule has 4 nitrogen and oxygen atoms in total. The van der Waals surface area contributed by atoms with Crippen LogP contribution in [-0.2, 0) is 15.1 Å². The van der Waals surface area contributed by atoms with E-state index in [9.17, 15) is 4.79 Å². The molecule has 0 aliphatic carbocycles. The molecule has 1 rings (SSSR count). The van der Waals surface area contributed by atoms with Crippen molar-refractivity contribution < 1.29 is 9.53 Å². The van der Waals surface area contributed by atoms with Gasteiger partial charge >= 0.3 is 5.97 Å². The molecule has 0 aliphatic rings. The first kappa shape index (κ1) is 11.9. The van der Waals surface area contributed by atoms with Gasteiger partial charge in [0.1, 0.15) is 10.7 Å². The molecular weight excluding hydrogens is 216 g/mol. The van der Waals surface area contributed by atoms with Crippen LogP contribution in [-0.4, -0.2) is 17.6 Å². The van der Waals surface area contributed by atoms with Gasteiger partial charge in [0.05, 0.1) is 6.61 Å². The van der Waals surface area contributed by atoms with Crippen LogP contribution in [0.25, 0.3) is 0 Å². The van der Waals surface area contributed by atoms with Crippen LogP contribution >= 0.6 is 11.6 Å². The number of nitrogens with zero attached hydrogens (tertiary/aromatic N) is 1. The van der Waals surface area contributed by atoms with E-state index in [2.05, 4.69) is 4.98 Å². The van der Waals surface area contributed by atoms with E-state index in [4.69, 9.17) is 22.1 Å². The largest absolute Gasteiger partial charge is 0.464 e. The molecule has 1 atom stereocenters. The number of esters is 1. The molecule has 0 saturated heterocycles. The maximum absolute atomic E-state index is 11.5. The standard InChI is InChI=1S/C10H13ClN2O2/c1-3-15-9(14)10(2,12)7-4-5-8(11)13-6-7/h4-6H,3,12H2,1-2H3. The smallest absolute Gasteiger partial charge is 0.330 e. The number of pyridine rings is 1. The summed E-state index contributed by atoms with van der Waals surface area (Å²) in [6.07, 6.45) is 1.47. The van der Waals surface area contributed by atoms with Gasteiger partial charge in [0.2, 0.25) is 0 Å². The average Bonchev–Trinajstić information content (AvgIpc) is 2.18. The number of hydrogen-bond donors (Lipinski definition) is 1. The van der Waals surface area contributed by atoms with E-state index in [1.807, 2.05) is 0 Å². The Kier molecular flexibility index (Phi) is 3.66. The van der Waals surface area contributed by atoms with Gasteiger partial charge in [-0.3, -0.25) is 0 Å². The molecule has 1 aromatic rings. The van der Waals surface area contributed by atoms with E-state index in [1.54, 1.807) is 26.0 Å². The maximum Gasteiger partial charge on any atom is 0.330 e. The summed E-state index contributed by atoms with van der Waals surface area (Å²) < 4.78 is 4.87. The molecule has 1 unspecified atom stereocenters. The van der Waals surface area contributed by atoms with Crippen LogP contribution in [0.1, 0.15) is 19.4 Å². The van der Waals surface area contributed by atoms with Gasteiger partial charge in [-0.05, 0) is 19.9 Å². The predicted octanol–water partition coefficient (Wildman–Crippen LogP) is 1.47. The quantitative estimate of drug-likeness (QED) is 0.629. The Morgan fingerprint density at radius 2 is 2.33 bits per heavy atom. The van der Waals surface area contributed by atoms with Gasteiger partial charge in [-0.15, -0.1) is 0 Å². The fraction of sp³-hybridized carbons (Fsp3) is 0.400. The summed E-state index contributed by atoms with van der Waals surface area (Å²) in [5.41, 5.74) is 5.25. The third-order valence-corrected chi connectivity index (χ3v) is 2.25. The average molecular weight is 229 g/mol. The lowest BCUT2D eigenvalue weighted by molar-refractivity contribution is -0.149. The Balaban J connectivity index is 2.94. The summed E-state index contributed by atoms with van der Waals surface area (Å²) in [7, 11) is 0. The molecule has 0 aliphatic heterocycles. The summed E-state index contributed by atoms with van der Waals surface area (Å²) in [4.78, 5) is 15.4. The fourth-order valence-electron chi connectivity index (χ4n) is 1.08. The summed E-state index contributed by atoms with van der Waals surface area (Å²) >= 11 is 5.63. The minimum atomic E-state index is -1.19. The van der Waals surface area contributed by atoms with Gasteiger partial charge in [-0.1, -0.05) is 17.7 Å². The van der Waals surface area contributed by atoms with Crippen molar-refractivity contribution in [2.45, 2.75) is 19.4 Å². The second-order valence-electron chi connectivity index (χ2n) is 3.29. The van der Waals surface area contributed by atoms with Gasteiger partial charge in [0.25, 0.3) is 0 Å². The van der Waals surface area contributed by atoms with Gasteiger partial charge < -0.3 is 10.5 Å². The third-order valence-electron chi connectivity index (χ3n) is 2.03. The van der Waals surface area contributed by atoms with Crippen LogP contribution in [0.4, 0.5) is 0 Å². The lowest BCUT2D eigenvalue weighted by atomic mass is 9.95. The topological polar surface area (TPSA) is 65.2 Å². The highest BCUT2D eigenvalue weighted by atomic mass is 35.5. The van der Waals surface area contributed by atoms with Gasteiger partial charge in [-0.25, -0.2) is 9.78 Å². The van der Waals surface area contributed by atoms with Gasteiger partial charge in [-0.2, -0.15) is 0 Å². The molecule has 0 aromatic carbocycles. The molecule has 0 fully saturated rings. The van der Waals surface area contributed by atoms with Crippen LogP contribution < -0.4 is 5.73 Å². The highest BCUT2D eigenvalue weighted by Gasteiger charge is 2.32. The number of aromatic nitrogens is 1. The molecule has 0 bridgehead atoms. The normalized spacial score (nSPS) is 14.4. The van der Waals surface area contributed by atoms with E-state index >= 15 is 0 Å². The highest BCUT2D eigenvalue weighted by molar-refractivity contribution is 6.29. The Morgan fingerprint density at radius 3 is 2.80 bits per heavy atom. The fourth-order valence-corrected chi connectivity index (χ4v) is 1.19. The second kappa shape index (κ2) is 4.59. The molecule has 0 radical (unpaired) electrons. The van der Waals surface area contributed by atoms with Crippen LogP contribution in [0.5, 0.6) is 0 Å². The molecule has 5 heteroatoms. The summed E-state index contributed by atoms with van der Waals surface area (Å²) in [6.45, 7) is 3.61. The number of nitrogens with two attached hydrogens (primary N) is 1. The number of carbonyl (C=O) groups excluding carboxylic acids is 1. The van der Waals surface area contributed by atoms with Crippen LogP contribution in [0, 0.1) is 0 Å². The third kappa shape index (κ3) is 2.67. The summed E-state index contributed by atoms with van der Waals surface area (Å²) in [6, 6.07) is 3.24. The van der Waals surface area contributed by atoms with Crippen molar-refractivity contribution in [3.05, 3.63) is 29.0 Å². The monoisotopic (exact) mass is 228 g/mol. The zero-order valence-electron chi connectivity index (χ0n) is 8.66. The summed E-state index contributed by atoms with van der Waals surface area (Å²) in [5.74, 6) is -0.478. The van der Waals surface area contributed by atoms with Crippen molar-refractivity contribution in [3.63, 3.8) is 0 Å². The van der Waals surface area contributed by atoms with Crippen molar-refractivity contribution in [2.75, 3.05) is 6.61 Å². The number of hydrogen-bond acceptors (Lipinski definition) is 4. The Labute approximate surface area is 93.4 Å². The van der Waals surface area contributed by atoms with Gasteiger partial charge in [0.15, 0.2) is 0 Å². The SMILES string of the molecule is CCOC(=O)C(C)(N)c1ccc(Cl)nc1. The summed E-state index contributed by atoms with van der Waals surface area (Å²) in [5, 5.41) is 0.360. The van der Waals surface area contributed by atoms with Crippen molar-refractivity contribution in [1.82, 2.24) is 4.98 Å². The van der Waals surface area contributed by atoms with Crippen molar-refractivity contribution >= 4 is 17.6 Å². The molecule has 0 amide bonds. The van der Waals surface area contributed by atoms with Crippen LogP contribution in [0.2, 0.25) is 5.15 Å². The lowest BCUT2D eigenvalue weighted by Gasteiger charge is -2.22. The first-order valence-corrected chi connectivity index (χ1v) is 4.94. The molecule has 1 heterocycles. The van der Waals surface area contributed by atoms with E-state index in [-0.39, 0.29) is 0 Å². The molecule has 2 N–H and O–H groups in total. The molecule has 0 saturated carbocycles. The van der Waals surface area contributed by atoms with E-state index < -0.39 is 11.5 Å². The Hall–Kier alpha value is -1.13. The van der Waals surface area contributed by atoms with Crippen molar-refractivity contribution in [1.29, 1.82) is 0 Å². The Bertz CT molecular complexity index is 349. The zero-order chi connectivity index (χ0) is 11.5. The molecule has 15 heavy (non-hydrogen) atoms. The number of halogens is 1. The van der Waals surface area contributed by atoms with E-state index in [0.717, 1.165) is 0 Å². The lowest BCUT2D eigenvalue weighted by Crippen LogP contribution is -2.43. The maximum atomic E-state index is 11.5. The van der Waals surface area contributed by atoms with Crippen LogP contribution in [0.15, 0.2) is 18.3 Å². The molecule has 1 aromatic heterocycles. The van der Waals surface area contributed by atoms with Crippen molar-refractivity contribution in [3.8, 4) is 0 Å². The van der Waals surface area contributed by atoms with Crippen molar-refractivity contribution in [2.24, 2.45) is 5.73 Å². The second-order valence-corrected chi connectivity index (χ2v) is 3.68. The minimum absolute atomic E-state index is 0.298. The molecule has 82 valence electrons. The first-order chi connectivity index (χ1) is 6.98. The van der Waals surface area contributed by atoms with E-state index in [1.165, 1.54) is 6.20 Å². The Morgan fingerprint density at radius 1 is 1.67 bits per heavy atom. The number of rotatable bonds is 3. The zero-order valence-corrected chi connectivity index (χ0v) is 9.41. The molecule has 0 spiro atoms. The molecular formula is C10H13ClN2O2. The number of ether oxygens (including phenoxy) is 1. The minimum Gasteiger partial charge on any atom is -0.464 e. The van der Waals surface area contributed by atoms with Gasteiger partial charge in [0, 0.05) is 11.8 Å². The highest BCUT2D eigenvalue weighted by Crippen LogP contribution is 2.19. The van der Waals surface area contributed by atoms with E-state index in [0.29, 0.717) is 17.3 Å². The predicted molar refractivity (Wildman–Crippen MR) is 57.4 cm³/mol. The first-order valence-electron chi connectivity index (χ1n) is 4.56. The number of carbonyl (C=O) groups is 1. The van der Waals surface area contributed by atoms with Crippen LogP contribution in [0.3, 0.4) is 0 Å².